The van der Waals surface area contributed by atoms with Crippen molar-refractivity contribution in [1.29, 1.82) is 0 Å². The van der Waals surface area contributed by atoms with Crippen LogP contribution in [0.4, 0.5) is 0 Å². The molecule has 1 aliphatic carbocycles. The van der Waals surface area contributed by atoms with E-state index in [4.69, 9.17) is 4.74 Å². The van der Waals surface area contributed by atoms with Gasteiger partial charge in [0.1, 0.15) is 6.10 Å². The van der Waals surface area contributed by atoms with E-state index < -0.39 is 0 Å². The molecule has 0 bridgehead atoms. The van der Waals surface area contributed by atoms with Gasteiger partial charge in [0, 0.05) is 13.0 Å². The van der Waals surface area contributed by atoms with E-state index in [9.17, 15) is 4.79 Å². The summed E-state index contributed by atoms with van der Waals surface area (Å²) in [5.41, 5.74) is 0. The maximum Gasteiger partial charge on any atom is 0.161 e. The number of hydrogen-bond acceptors (Lipinski definition) is 2. The Morgan fingerprint density at radius 2 is 2.40 bits per heavy atom. The van der Waals surface area contributed by atoms with Crippen LogP contribution in [0.25, 0.3) is 0 Å². The molecule has 0 saturated heterocycles. The van der Waals surface area contributed by atoms with Crippen molar-refractivity contribution in [3.8, 4) is 0 Å². The molecule has 0 N–H and O–H groups in total. The van der Waals surface area contributed by atoms with Crippen molar-refractivity contribution in [2.45, 2.75) is 38.7 Å². The number of carbonyl (C=O) groups excluding carboxylic acids is 1. The van der Waals surface area contributed by atoms with E-state index in [2.05, 4.69) is 0 Å². The Bertz CT molecular complexity index is 118. The Hall–Kier alpha value is -0.370. The molecule has 1 saturated carbocycles. The fourth-order valence-corrected chi connectivity index (χ4v) is 1.33. The van der Waals surface area contributed by atoms with E-state index in [0.717, 1.165) is 25.7 Å². The highest BCUT2D eigenvalue weighted by atomic mass is 16.5. The van der Waals surface area contributed by atoms with Crippen LogP contribution >= 0.6 is 0 Å². The van der Waals surface area contributed by atoms with Crippen molar-refractivity contribution >= 4 is 5.78 Å². The van der Waals surface area contributed by atoms with Crippen molar-refractivity contribution in [3.05, 3.63) is 0 Å². The van der Waals surface area contributed by atoms with Crippen molar-refractivity contribution in [3.63, 3.8) is 0 Å². The minimum absolute atomic E-state index is 0.0706. The van der Waals surface area contributed by atoms with Crippen LogP contribution in [0.1, 0.15) is 32.6 Å². The van der Waals surface area contributed by atoms with E-state index >= 15 is 0 Å². The second-order valence-corrected chi connectivity index (χ2v) is 2.66. The van der Waals surface area contributed by atoms with Crippen molar-refractivity contribution in [2.24, 2.45) is 0 Å². The Labute approximate surface area is 61.6 Å². The van der Waals surface area contributed by atoms with Gasteiger partial charge >= 0.3 is 0 Å². The van der Waals surface area contributed by atoms with Gasteiger partial charge in [-0.05, 0) is 26.2 Å². The first-order chi connectivity index (χ1) is 4.84. The van der Waals surface area contributed by atoms with Crippen LogP contribution in [-0.4, -0.2) is 18.5 Å². The standard InChI is InChI=1S/C8H14O2/c1-2-10-8-6-4-3-5-7(8)9/h8H,2-6H2,1H3/t8-/m1/s1. The third-order valence-electron chi connectivity index (χ3n) is 1.87. The number of carbonyl (C=O) groups is 1. The average molecular weight is 142 g/mol. The van der Waals surface area contributed by atoms with Gasteiger partial charge in [-0.1, -0.05) is 0 Å². The quantitative estimate of drug-likeness (QED) is 0.584. The fourth-order valence-electron chi connectivity index (χ4n) is 1.33. The van der Waals surface area contributed by atoms with E-state index in [1.54, 1.807) is 0 Å². The van der Waals surface area contributed by atoms with Crippen LogP contribution in [0.15, 0.2) is 0 Å². The molecule has 2 heteroatoms. The first-order valence-electron chi connectivity index (χ1n) is 3.99. The Morgan fingerprint density at radius 3 is 3.00 bits per heavy atom. The molecule has 0 heterocycles. The van der Waals surface area contributed by atoms with E-state index in [1.165, 1.54) is 0 Å². The normalized spacial score (nSPS) is 26.9. The van der Waals surface area contributed by atoms with E-state index in [1.807, 2.05) is 6.92 Å². The van der Waals surface area contributed by atoms with E-state index in [-0.39, 0.29) is 6.10 Å². The van der Waals surface area contributed by atoms with Crippen LogP contribution in [0.3, 0.4) is 0 Å². The van der Waals surface area contributed by atoms with Crippen LogP contribution in [0.5, 0.6) is 0 Å². The number of rotatable bonds is 2. The number of Topliss-reactive ketones (excluding diaryl/α,β-unsaturated/α-hetero) is 1. The molecule has 0 amide bonds. The lowest BCUT2D eigenvalue weighted by atomic mass is 9.96. The molecular weight excluding hydrogens is 128 g/mol. The zero-order valence-electron chi connectivity index (χ0n) is 6.43. The Kier molecular flexibility index (Phi) is 2.87. The monoisotopic (exact) mass is 142 g/mol. The molecule has 0 radical (unpaired) electrons. The summed E-state index contributed by atoms with van der Waals surface area (Å²) in [6.45, 7) is 2.60. The SMILES string of the molecule is CCO[C@@H]1CCCCC1=O. The summed E-state index contributed by atoms with van der Waals surface area (Å²) in [5.74, 6) is 0.299. The van der Waals surface area contributed by atoms with Gasteiger partial charge in [0.25, 0.3) is 0 Å². The van der Waals surface area contributed by atoms with Crippen LogP contribution in [-0.2, 0) is 9.53 Å². The predicted molar refractivity (Wildman–Crippen MR) is 38.9 cm³/mol. The molecule has 0 aliphatic heterocycles. The molecule has 0 aromatic carbocycles. The van der Waals surface area contributed by atoms with Crippen LogP contribution < -0.4 is 0 Å². The van der Waals surface area contributed by atoms with Gasteiger partial charge in [-0.2, -0.15) is 0 Å². The van der Waals surface area contributed by atoms with Gasteiger partial charge in [0.05, 0.1) is 0 Å². The summed E-state index contributed by atoms with van der Waals surface area (Å²) in [5, 5.41) is 0. The zero-order chi connectivity index (χ0) is 7.40. The largest absolute Gasteiger partial charge is 0.371 e. The summed E-state index contributed by atoms with van der Waals surface area (Å²) in [6, 6.07) is 0. The maximum atomic E-state index is 11.1. The maximum absolute atomic E-state index is 11.1. The lowest BCUT2D eigenvalue weighted by Crippen LogP contribution is -2.27. The highest BCUT2D eigenvalue weighted by Crippen LogP contribution is 2.16. The number of ether oxygens (including phenoxy) is 1. The third kappa shape index (κ3) is 1.81. The van der Waals surface area contributed by atoms with E-state index in [0.29, 0.717) is 12.4 Å². The fraction of sp³-hybridized carbons (Fsp3) is 0.875. The topological polar surface area (TPSA) is 26.3 Å². The van der Waals surface area contributed by atoms with Crippen molar-refractivity contribution < 1.29 is 9.53 Å². The van der Waals surface area contributed by atoms with Crippen LogP contribution in [0, 0.1) is 0 Å². The highest BCUT2D eigenvalue weighted by molar-refractivity contribution is 5.83. The van der Waals surface area contributed by atoms with Gasteiger partial charge in [-0.3, -0.25) is 4.79 Å². The van der Waals surface area contributed by atoms with Crippen molar-refractivity contribution in [1.82, 2.24) is 0 Å². The molecular formula is C8H14O2. The summed E-state index contributed by atoms with van der Waals surface area (Å²) in [6.07, 6.45) is 3.80. The van der Waals surface area contributed by atoms with Crippen LogP contribution in [0.2, 0.25) is 0 Å². The highest BCUT2D eigenvalue weighted by Gasteiger charge is 2.21. The molecule has 10 heavy (non-hydrogen) atoms. The van der Waals surface area contributed by atoms with Gasteiger partial charge in [-0.25, -0.2) is 0 Å². The first kappa shape index (κ1) is 7.73. The van der Waals surface area contributed by atoms with Gasteiger partial charge in [-0.15, -0.1) is 0 Å². The van der Waals surface area contributed by atoms with Gasteiger partial charge in [0.2, 0.25) is 0 Å². The molecule has 0 aromatic heterocycles. The third-order valence-corrected chi connectivity index (χ3v) is 1.87. The first-order valence-corrected chi connectivity index (χ1v) is 3.99. The second-order valence-electron chi connectivity index (χ2n) is 2.66. The molecule has 58 valence electrons. The Morgan fingerprint density at radius 1 is 1.60 bits per heavy atom. The summed E-state index contributed by atoms with van der Waals surface area (Å²) in [4.78, 5) is 11.1. The molecule has 1 fully saturated rings. The smallest absolute Gasteiger partial charge is 0.161 e. The molecule has 1 aliphatic rings. The molecule has 0 spiro atoms. The molecule has 1 rings (SSSR count). The van der Waals surface area contributed by atoms with Gasteiger partial charge < -0.3 is 4.74 Å². The zero-order valence-corrected chi connectivity index (χ0v) is 6.43. The Balaban J connectivity index is 2.32. The predicted octanol–water partition coefficient (Wildman–Crippen LogP) is 1.53. The minimum Gasteiger partial charge on any atom is -0.371 e. The molecule has 2 nitrogen and oxygen atoms in total. The minimum atomic E-state index is -0.0706. The van der Waals surface area contributed by atoms with Crippen molar-refractivity contribution in [2.75, 3.05) is 6.61 Å². The molecule has 0 aromatic rings. The lowest BCUT2D eigenvalue weighted by molar-refractivity contribution is -0.132. The summed E-state index contributed by atoms with van der Waals surface area (Å²) >= 11 is 0. The number of hydrogen-bond donors (Lipinski definition) is 0. The summed E-state index contributed by atoms with van der Waals surface area (Å²) < 4.78 is 5.25. The average Bonchev–Trinajstić information content (AvgIpc) is 1.94. The van der Waals surface area contributed by atoms with Gasteiger partial charge in [0.15, 0.2) is 5.78 Å². The lowest BCUT2D eigenvalue weighted by Gasteiger charge is -2.19. The second kappa shape index (κ2) is 3.71. The number of ketones is 1. The summed E-state index contributed by atoms with van der Waals surface area (Å²) in [7, 11) is 0. The molecule has 0 unspecified atom stereocenters. The molecule has 1 atom stereocenters.